The fraction of sp³-hybridized carbons (Fsp3) is 0.316. The topological polar surface area (TPSA) is 178 Å². The Morgan fingerprint density at radius 3 is 2.67 bits per heavy atom. The molecule has 3 aromatic rings. The minimum Gasteiger partial charge on any atom is -0.478 e. The van der Waals surface area contributed by atoms with Gasteiger partial charge in [0.1, 0.15) is 5.69 Å². The Morgan fingerprint density at radius 2 is 1.97 bits per heavy atom. The molecule has 0 spiro atoms. The number of likely N-dealkylation sites (tertiary alicyclic amines) is 1. The average Bonchev–Trinajstić information content (AvgIpc) is 3.40. The first kappa shape index (κ1) is 23.8. The van der Waals surface area contributed by atoms with Gasteiger partial charge in [0, 0.05) is 12.1 Å². The van der Waals surface area contributed by atoms with Crippen molar-refractivity contribution in [1.82, 2.24) is 35.6 Å². The molecular formula is C19H22ClN9O4. The van der Waals surface area contributed by atoms with E-state index in [4.69, 9.17) is 5.73 Å². The van der Waals surface area contributed by atoms with E-state index in [0.717, 1.165) is 30.6 Å². The molecular weight excluding hydrogens is 454 g/mol. The summed E-state index contributed by atoms with van der Waals surface area (Å²) in [4.78, 5) is 26.6. The number of carbonyl (C=O) groups is 2. The van der Waals surface area contributed by atoms with Gasteiger partial charge in [-0.3, -0.25) is 9.69 Å². The third-order valence-electron chi connectivity index (χ3n) is 5.03. The number of benzene rings is 1. The van der Waals surface area contributed by atoms with E-state index in [1.165, 1.54) is 18.7 Å². The molecule has 1 fully saturated rings. The minimum absolute atomic E-state index is 0. The van der Waals surface area contributed by atoms with Crippen LogP contribution >= 0.6 is 12.4 Å². The van der Waals surface area contributed by atoms with E-state index < -0.39 is 11.9 Å². The maximum absolute atomic E-state index is 13.0. The molecule has 1 aliphatic heterocycles. The van der Waals surface area contributed by atoms with Crippen LogP contribution in [0.25, 0.3) is 5.82 Å². The van der Waals surface area contributed by atoms with E-state index in [0.29, 0.717) is 17.8 Å². The second kappa shape index (κ2) is 10.7. The number of carboxylic acids is 1. The number of carboxylic acid groups (broad SMARTS) is 1. The highest BCUT2D eigenvalue weighted by molar-refractivity contribution is 5.99. The molecule has 0 bridgehead atoms. The number of carbonyl (C=O) groups excluding carboxylic acids is 1. The first-order valence-electron chi connectivity index (χ1n) is 9.95. The van der Waals surface area contributed by atoms with Crippen molar-refractivity contribution < 1.29 is 19.3 Å². The Balaban J connectivity index is 0.00000306. The van der Waals surface area contributed by atoms with Crippen molar-refractivity contribution in [3.63, 3.8) is 0 Å². The van der Waals surface area contributed by atoms with Crippen LogP contribution in [0.15, 0.2) is 34.0 Å². The molecule has 0 atom stereocenters. The van der Waals surface area contributed by atoms with E-state index in [1.807, 2.05) is 0 Å². The number of nitrogens with zero attached hydrogens (tertiary/aromatic N) is 7. The molecule has 4 rings (SSSR count). The summed E-state index contributed by atoms with van der Waals surface area (Å²) in [6, 6.07) is 6.30. The number of hydrogen-bond donors (Lipinski definition) is 3. The highest BCUT2D eigenvalue weighted by Crippen LogP contribution is 2.19. The normalized spacial score (nSPS) is 14.2. The molecule has 0 aliphatic carbocycles. The number of nitrogens with one attached hydrogen (secondary N) is 1. The number of aromatic nitrogens is 5. The zero-order chi connectivity index (χ0) is 22.5. The first-order valence-corrected chi connectivity index (χ1v) is 9.95. The number of aromatic carboxylic acids is 1. The number of halogens is 1. The Kier molecular flexibility index (Phi) is 7.69. The number of rotatable bonds is 7. The molecule has 1 saturated heterocycles. The average molecular weight is 476 g/mol. The Bertz CT molecular complexity index is 1150. The van der Waals surface area contributed by atoms with E-state index in [1.54, 1.807) is 18.2 Å². The number of nitrogens with two attached hydrogens (primary N) is 1. The van der Waals surface area contributed by atoms with E-state index in [2.05, 4.69) is 40.7 Å². The Labute approximate surface area is 194 Å². The van der Waals surface area contributed by atoms with Gasteiger partial charge in [0.05, 0.1) is 11.8 Å². The monoisotopic (exact) mass is 475 g/mol. The third kappa shape index (κ3) is 5.32. The largest absolute Gasteiger partial charge is 0.478 e. The third-order valence-corrected chi connectivity index (χ3v) is 5.03. The van der Waals surface area contributed by atoms with Gasteiger partial charge in [0.15, 0.2) is 5.69 Å². The van der Waals surface area contributed by atoms with Crippen molar-refractivity contribution in [2.75, 3.05) is 18.8 Å². The van der Waals surface area contributed by atoms with Gasteiger partial charge in [0.25, 0.3) is 5.91 Å². The van der Waals surface area contributed by atoms with Crippen LogP contribution in [0, 0.1) is 0 Å². The lowest BCUT2D eigenvalue weighted by Gasteiger charge is -2.25. The quantitative estimate of drug-likeness (QED) is 0.331. The number of nitrogen functional groups attached to an aromatic ring is 1. The zero-order valence-electron chi connectivity index (χ0n) is 17.4. The molecule has 13 nitrogen and oxygen atoms in total. The summed E-state index contributed by atoms with van der Waals surface area (Å²) in [5.74, 6) is -1.73. The molecule has 4 N–H and O–H groups in total. The van der Waals surface area contributed by atoms with E-state index in [9.17, 15) is 14.7 Å². The molecule has 2 aromatic heterocycles. The van der Waals surface area contributed by atoms with E-state index >= 15 is 0 Å². The summed E-state index contributed by atoms with van der Waals surface area (Å²) in [5, 5.41) is 28.6. The fourth-order valence-corrected chi connectivity index (χ4v) is 3.48. The van der Waals surface area contributed by atoms with Crippen molar-refractivity contribution in [2.24, 2.45) is 5.10 Å². The molecule has 14 heteroatoms. The summed E-state index contributed by atoms with van der Waals surface area (Å²) in [7, 11) is 0. The van der Waals surface area contributed by atoms with Crippen LogP contribution in [0.3, 0.4) is 0 Å². The standard InChI is InChI=1S/C19H21N9O4.ClH/c20-16-17(25-32-24-16)28-15(14(22-26-28)11-27-8-4-1-5-9-27)18(29)23-21-10-12-6-2-3-7-13(12)19(30)31;/h2-3,6-7,10H,1,4-5,8-9,11H2,(H2,20,24)(H,23,29)(H,30,31);1H/b21-10+;. The predicted octanol–water partition coefficient (Wildman–Crippen LogP) is 1.10. The van der Waals surface area contributed by atoms with Gasteiger partial charge in [0.2, 0.25) is 11.6 Å². The van der Waals surface area contributed by atoms with Gasteiger partial charge in [-0.05, 0) is 42.3 Å². The maximum Gasteiger partial charge on any atom is 0.336 e. The van der Waals surface area contributed by atoms with E-state index in [-0.39, 0.29) is 35.3 Å². The second-order valence-electron chi connectivity index (χ2n) is 7.20. The molecule has 1 aromatic carbocycles. The Hall–Kier alpha value is -3.84. The maximum atomic E-state index is 13.0. The van der Waals surface area contributed by atoms with Crippen LogP contribution in [0.4, 0.5) is 5.82 Å². The number of piperidine rings is 1. The fourth-order valence-electron chi connectivity index (χ4n) is 3.48. The molecule has 3 heterocycles. The molecule has 0 saturated carbocycles. The zero-order valence-corrected chi connectivity index (χ0v) is 18.2. The molecule has 174 valence electrons. The van der Waals surface area contributed by atoms with Crippen molar-refractivity contribution in [3.8, 4) is 5.82 Å². The molecule has 0 radical (unpaired) electrons. The summed E-state index contributed by atoms with van der Waals surface area (Å²) < 4.78 is 5.78. The summed E-state index contributed by atoms with van der Waals surface area (Å²) >= 11 is 0. The lowest BCUT2D eigenvalue weighted by atomic mass is 10.1. The van der Waals surface area contributed by atoms with Crippen molar-refractivity contribution in [2.45, 2.75) is 25.8 Å². The van der Waals surface area contributed by atoms with Crippen LogP contribution in [-0.4, -0.2) is 66.5 Å². The predicted molar refractivity (Wildman–Crippen MR) is 118 cm³/mol. The van der Waals surface area contributed by atoms with Crippen LogP contribution < -0.4 is 11.2 Å². The van der Waals surface area contributed by atoms with Crippen molar-refractivity contribution >= 4 is 36.3 Å². The molecule has 33 heavy (non-hydrogen) atoms. The SMILES string of the molecule is Cl.Nc1nonc1-n1nnc(CN2CCCCC2)c1C(=O)N/N=C/c1ccccc1C(=O)O. The summed E-state index contributed by atoms with van der Waals surface area (Å²) in [6.45, 7) is 2.21. The molecule has 0 unspecified atom stereocenters. The lowest BCUT2D eigenvalue weighted by molar-refractivity contribution is 0.0696. The van der Waals surface area contributed by atoms with Crippen LogP contribution in [0.2, 0.25) is 0 Å². The lowest BCUT2D eigenvalue weighted by Crippen LogP contribution is -2.31. The second-order valence-corrected chi connectivity index (χ2v) is 7.20. The molecule has 1 aliphatic rings. The van der Waals surface area contributed by atoms with Gasteiger partial charge < -0.3 is 10.8 Å². The Morgan fingerprint density at radius 1 is 1.21 bits per heavy atom. The number of hydrogen-bond acceptors (Lipinski definition) is 10. The minimum atomic E-state index is -1.10. The van der Waals surface area contributed by atoms with Crippen molar-refractivity contribution in [1.29, 1.82) is 0 Å². The van der Waals surface area contributed by atoms with Crippen LogP contribution in [0.5, 0.6) is 0 Å². The van der Waals surface area contributed by atoms with Crippen molar-refractivity contribution in [3.05, 3.63) is 46.8 Å². The molecule has 1 amide bonds. The number of hydrazone groups is 1. The van der Waals surface area contributed by atoms with Gasteiger partial charge >= 0.3 is 5.97 Å². The summed E-state index contributed by atoms with van der Waals surface area (Å²) in [6.07, 6.45) is 4.57. The number of anilines is 1. The summed E-state index contributed by atoms with van der Waals surface area (Å²) in [5.41, 5.74) is 9.08. The van der Waals surface area contributed by atoms with Gasteiger partial charge in [-0.2, -0.15) is 9.78 Å². The van der Waals surface area contributed by atoms with Gasteiger partial charge in [-0.1, -0.05) is 29.8 Å². The first-order chi connectivity index (χ1) is 15.5. The highest BCUT2D eigenvalue weighted by Gasteiger charge is 2.26. The smallest absolute Gasteiger partial charge is 0.336 e. The van der Waals surface area contributed by atoms with Gasteiger partial charge in [-0.25, -0.2) is 14.8 Å². The highest BCUT2D eigenvalue weighted by atomic mass is 35.5. The van der Waals surface area contributed by atoms with Gasteiger partial charge in [-0.15, -0.1) is 17.5 Å². The van der Waals surface area contributed by atoms with Crippen LogP contribution in [0.1, 0.15) is 51.4 Å². The number of amides is 1. The van der Waals surface area contributed by atoms with Crippen LogP contribution in [-0.2, 0) is 6.54 Å².